The van der Waals surface area contributed by atoms with E-state index in [1.54, 1.807) is 0 Å². The van der Waals surface area contributed by atoms with E-state index in [0.717, 1.165) is 13.0 Å². The average molecular weight is 139 g/mol. The fourth-order valence-corrected chi connectivity index (χ4v) is 2.31. The maximum absolute atomic E-state index is 11.3. The molecule has 2 unspecified atom stereocenters. The molecule has 0 aromatic carbocycles. The van der Waals surface area contributed by atoms with Crippen LogP contribution in [-0.4, -0.2) is 24.4 Å². The van der Waals surface area contributed by atoms with Crippen molar-refractivity contribution in [3.8, 4) is 0 Å². The lowest BCUT2D eigenvalue weighted by molar-refractivity contribution is -0.129. The minimum absolute atomic E-state index is 0.391. The van der Waals surface area contributed by atoms with Crippen LogP contribution in [0.5, 0.6) is 0 Å². The third-order valence-corrected chi connectivity index (χ3v) is 2.86. The van der Waals surface area contributed by atoms with Crippen LogP contribution in [0, 0.1) is 11.8 Å². The highest BCUT2D eigenvalue weighted by atomic mass is 16.2. The number of nitrogens with zero attached hydrogens (tertiary/aromatic N) is 1. The number of likely N-dealkylation sites (tertiary alicyclic amines) is 1. The van der Waals surface area contributed by atoms with E-state index >= 15 is 0 Å². The molecule has 0 radical (unpaired) electrons. The molecule has 0 bridgehead atoms. The second-order valence-electron chi connectivity index (χ2n) is 3.52. The molecular weight excluding hydrogens is 126 g/mol. The molecule has 2 fully saturated rings. The summed E-state index contributed by atoms with van der Waals surface area (Å²) in [6.07, 6.45) is 3.70. The molecule has 1 amide bonds. The molecule has 1 heterocycles. The first-order valence-electron chi connectivity index (χ1n) is 4.04. The van der Waals surface area contributed by atoms with E-state index in [0.29, 0.717) is 17.7 Å². The highest BCUT2D eigenvalue weighted by Crippen LogP contribution is 2.37. The van der Waals surface area contributed by atoms with Gasteiger partial charge in [-0.25, -0.2) is 0 Å². The Morgan fingerprint density at radius 1 is 1.50 bits per heavy atom. The van der Waals surface area contributed by atoms with Crippen molar-refractivity contribution in [2.24, 2.45) is 11.8 Å². The number of fused-ring (bicyclic) bond motifs is 1. The molecule has 56 valence electrons. The van der Waals surface area contributed by atoms with Crippen molar-refractivity contribution in [2.75, 3.05) is 13.6 Å². The van der Waals surface area contributed by atoms with Gasteiger partial charge in [0.15, 0.2) is 0 Å². The first-order chi connectivity index (χ1) is 4.79. The van der Waals surface area contributed by atoms with Crippen LogP contribution in [-0.2, 0) is 4.79 Å². The molecule has 0 N–H and O–H groups in total. The van der Waals surface area contributed by atoms with Gasteiger partial charge in [-0.15, -0.1) is 0 Å². The summed E-state index contributed by atoms with van der Waals surface area (Å²) in [4.78, 5) is 13.2. The van der Waals surface area contributed by atoms with Crippen molar-refractivity contribution in [2.45, 2.75) is 19.3 Å². The van der Waals surface area contributed by atoms with Crippen molar-refractivity contribution in [3.05, 3.63) is 0 Å². The largest absolute Gasteiger partial charge is 0.345 e. The summed E-state index contributed by atoms with van der Waals surface area (Å²) < 4.78 is 0. The molecule has 1 aliphatic carbocycles. The smallest absolute Gasteiger partial charge is 0.225 e. The van der Waals surface area contributed by atoms with Crippen molar-refractivity contribution >= 4 is 5.91 Å². The molecular formula is C8H13NO. The Kier molecular flexibility index (Phi) is 1.22. The molecule has 2 nitrogen and oxygen atoms in total. The van der Waals surface area contributed by atoms with Gasteiger partial charge in [0, 0.05) is 19.5 Å². The summed E-state index contributed by atoms with van der Waals surface area (Å²) >= 11 is 0. The summed E-state index contributed by atoms with van der Waals surface area (Å²) in [5.41, 5.74) is 0. The van der Waals surface area contributed by atoms with Gasteiger partial charge in [0.2, 0.25) is 5.91 Å². The normalized spacial score (nSPS) is 38.9. The van der Waals surface area contributed by atoms with Crippen molar-refractivity contribution < 1.29 is 4.79 Å². The SMILES string of the molecule is CN1CC2CCCC2C1=O. The fraction of sp³-hybridized carbons (Fsp3) is 0.875. The van der Waals surface area contributed by atoms with Crippen LogP contribution in [0.2, 0.25) is 0 Å². The molecule has 2 atom stereocenters. The molecule has 1 saturated carbocycles. The summed E-state index contributed by atoms with van der Waals surface area (Å²) in [6, 6.07) is 0. The van der Waals surface area contributed by atoms with Crippen LogP contribution >= 0.6 is 0 Å². The van der Waals surface area contributed by atoms with E-state index in [2.05, 4.69) is 0 Å². The number of rotatable bonds is 0. The number of carbonyl (C=O) groups excluding carboxylic acids is 1. The molecule has 0 spiro atoms. The number of hydrogen-bond acceptors (Lipinski definition) is 1. The Balaban J connectivity index is 2.17. The van der Waals surface area contributed by atoms with Gasteiger partial charge in [0.05, 0.1) is 0 Å². The molecule has 2 aliphatic rings. The zero-order chi connectivity index (χ0) is 7.14. The standard InChI is InChI=1S/C8H13NO/c1-9-5-6-3-2-4-7(6)8(9)10/h6-7H,2-5H2,1H3. The highest BCUT2D eigenvalue weighted by molar-refractivity contribution is 5.81. The Hall–Kier alpha value is -0.530. The van der Waals surface area contributed by atoms with E-state index in [1.165, 1.54) is 12.8 Å². The van der Waals surface area contributed by atoms with Crippen molar-refractivity contribution in [3.63, 3.8) is 0 Å². The number of amides is 1. The minimum atomic E-state index is 0.391. The van der Waals surface area contributed by atoms with E-state index in [-0.39, 0.29) is 0 Å². The monoisotopic (exact) mass is 139 g/mol. The molecule has 0 aromatic heterocycles. The number of hydrogen-bond donors (Lipinski definition) is 0. The second-order valence-corrected chi connectivity index (χ2v) is 3.52. The summed E-state index contributed by atoms with van der Waals surface area (Å²) in [6.45, 7) is 1.02. The maximum Gasteiger partial charge on any atom is 0.225 e. The van der Waals surface area contributed by atoms with Crippen LogP contribution in [0.25, 0.3) is 0 Å². The first kappa shape index (κ1) is 6.20. The Morgan fingerprint density at radius 3 is 3.00 bits per heavy atom. The highest BCUT2D eigenvalue weighted by Gasteiger charge is 2.40. The second kappa shape index (κ2) is 1.97. The maximum atomic E-state index is 11.3. The van der Waals surface area contributed by atoms with Gasteiger partial charge < -0.3 is 4.90 Å². The van der Waals surface area contributed by atoms with E-state index < -0.39 is 0 Å². The van der Waals surface area contributed by atoms with E-state index in [9.17, 15) is 4.79 Å². The first-order valence-corrected chi connectivity index (χ1v) is 4.04. The molecule has 1 saturated heterocycles. The lowest BCUT2D eigenvalue weighted by atomic mass is 10.0. The molecule has 1 aliphatic heterocycles. The van der Waals surface area contributed by atoms with Crippen LogP contribution < -0.4 is 0 Å². The Morgan fingerprint density at radius 2 is 2.30 bits per heavy atom. The van der Waals surface area contributed by atoms with Gasteiger partial charge in [-0.3, -0.25) is 4.79 Å². The molecule has 0 aromatic rings. The van der Waals surface area contributed by atoms with Gasteiger partial charge in [-0.1, -0.05) is 6.42 Å². The average Bonchev–Trinajstić information content (AvgIpc) is 2.41. The molecule has 10 heavy (non-hydrogen) atoms. The van der Waals surface area contributed by atoms with Gasteiger partial charge in [0.25, 0.3) is 0 Å². The molecule has 2 heteroatoms. The fourth-order valence-electron chi connectivity index (χ4n) is 2.31. The zero-order valence-corrected chi connectivity index (χ0v) is 6.34. The van der Waals surface area contributed by atoms with Crippen LogP contribution in [0.1, 0.15) is 19.3 Å². The van der Waals surface area contributed by atoms with Crippen molar-refractivity contribution in [1.82, 2.24) is 4.90 Å². The topological polar surface area (TPSA) is 20.3 Å². The molecule has 2 rings (SSSR count). The third kappa shape index (κ3) is 0.678. The van der Waals surface area contributed by atoms with Crippen LogP contribution in [0.15, 0.2) is 0 Å². The lowest BCUT2D eigenvalue weighted by Crippen LogP contribution is -2.22. The van der Waals surface area contributed by atoms with Gasteiger partial charge in [0.1, 0.15) is 0 Å². The van der Waals surface area contributed by atoms with Crippen molar-refractivity contribution in [1.29, 1.82) is 0 Å². The Bertz CT molecular complexity index is 167. The lowest BCUT2D eigenvalue weighted by Gasteiger charge is -2.08. The van der Waals surface area contributed by atoms with E-state index in [1.807, 2.05) is 11.9 Å². The van der Waals surface area contributed by atoms with Gasteiger partial charge in [-0.2, -0.15) is 0 Å². The predicted octanol–water partition coefficient (Wildman–Crippen LogP) is 0.875. The summed E-state index contributed by atoms with van der Waals surface area (Å²) in [5.74, 6) is 1.50. The number of carbonyl (C=O) groups is 1. The van der Waals surface area contributed by atoms with Gasteiger partial charge in [-0.05, 0) is 18.8 Å². The Labute approximate surface area is 61.2 Å². The zero-order valence-electron chi connectivity index (χ0n) is 6.34. The van der Waals surface area contributed by atoms with Crippen LogP contribution in [0.4, 0.5) is 0 Å². The third-order valence-electron chi connectivity index (χ3n) is 2.86. The van der Waals surface area contributed by atoms with E-state index in [4.69, 9.17) is 0 Å². The minimum Gasteiger partial charge on any atom is -0.345 e. The van der Waals surface area contributed by atoms with Crippen LogP contribution in [0.3, 0.4) is 0 Å². The summed E-state index contributed by atoms with van der Waals surface area (Å²) in [5, 5.41) is 0. The van der Waals surface area contributed by atoms with Gasteiger partial charge >= 0.3 is 0 Å². The quantitative estimate of drug-likeness (QED) is 0.487. The summed E-state index contributed by atoms with van der Waals surface area (Å²) in [7, 11) is 1.92. The predicted molar refractivity (Wildman–Crippen MR) is 38.5 cm³/mol.